The van der Waals surface area contributed by atoms with Gasteiger partial charge in [-0.05, 0) is 0 Å². The molecule has 0 unspecified atom stereocenters. The summed E-state index contributed by atoms with van der Waals surface area (Å²) in [5.74, 6) is 9.03. The monoisotopic (exact) mass is 156 g/mol. The van der Waals surface area contributed by atoms with E-state index in [1.807, 2.05) is 0 Å². The third-order valence-corrected chi connectivity index (χ3v) is 1.66. The van der Waals surface area contributed by atoms with Gasteiger partial charge in [0.25, 0.3) is 7.37 Å². The Morgan fingerprint density at radius 1 is 1.33 bits per heavy atom. The average Bonchev–Trinajstić information content (AvgIpc) is 1.64. The molecule has 0 heterocycles. The van der Waals surface area contributed by atoms with Crippen molar-refractivity contribution in [1.29, 1.82) is 0 Å². The number of hydrogen-bond donors (Lipinski definition) is 3. The van der Waals surface area contributed by atoms with Gasteiger partial charge < -0.3 is 4.89 Å². The van der Waals surface area contributed by atoms with Crippen molar-refractivity contribution in [1.82, 2.24) is 0 Å². The van der Waals surface area contributed by atoms with Crippen molar-refractivity contribution in [3.63, 3.8) is 0 Å². The van der Waals surface area contributed by atoms with Crippen molar-refractivity contribution >= 4 is 7.37 Å². The fourth-order valence-corrected chi connectivity index (χ4v) is 0.811. The highest BCUT2D eigenvalue weighted by atomic mass is 31.2. The van der Waals surface area contributed by atoms with Gasteiger partial charge in [-0.3, -0.25) is 14.2 Å². The van der Waals surface area contributed by atoms with Crippen molar-refractivity contribution in [2.24, 2.45) is 11.8 Å². The van der Waals surface area contributed by atoms with Crippen LogP contribution in [-0.2, 0) is 14.2 Å². The molecule has 0 aliphatic heterocycles. The molecule has 0 amide bonds. The highest BCUT2D eigenvalue weighted by molar-refractivity contribution is 7.57. The summed E-state index contributed by atoms with van der Waals surface area (Å²) in [7, 11) is -3.39. The van der Waals surface area contributed by atoms with E-state index in [0.717, 1.165) is 0 Å². The zero-order valence-corrected chi connectivity index (χ0v) is 5.58. The molecule has 0 saturated heterocycles. The summed E-state index contributed by atoms with van der Waals surface area (Å²) >= 11 is 0. The predicted molar refractivity (Wildman–Crippen MR) is 30.1 cm³/mol. The molecule has 6 nitrogen and oxygen atoms in total. The second-order valence-corrected chi connectivity index (χ2v) is 3.65. The van der Waals surface area contributed by atoms with E-state index < -0.39 is 20.1 Å². The second kappa shape index (κ2) is 3.94. The zero-order valence-electron chi connectivity index (χ0n) is 4.69. The van der Waals surface area contributed by atoms with Crippen LogP contribution in [0.5, 0.6) is 0 Å². The van der Waals surface area contributed by atoms with Crippen LogP contribution >= 0.6 is 7.37 Å². The van der Waals surface area contributed by atoms with Crippen molar-refractivity contribution in [3.05, 3.63) is 0 Å². The minimum absolute atomic E-state index is 0.440. The fourth-order valence-electron chi connectivity index (χ4n) is 0.270. The molecular weight excluding hydrogens is 147 g/mol. The van der Waals surface area contributed by atoms with Gasteiger partial charge in [-0.15, -0.1) is 0 Å². The molecule has 0 aromatic rings. The van der Waals surface area contributed by atoms with Gasteiger partial charge >= 0.3 is 0 Å². The first-order chi connectivity index (χ1) is 4.12. The van der Waals surface area contributed by atoms with Gasteiger partial charge in [-0.2, -0.15) is 0 Å². The van der Waals surface area contributed by atoms with Crippen LogP contribution in [0.2, 0.25) is 0 Å². The SMILES string of the molecule is NOCP(=O)(O)CON. The van der Waals surface area contributed by atoms with Crippen LogP contribution < -0.4 is 11.8 Å². The van der Waals surface area contributed by atoms with Gasteiger partial charge in [0.05, 0.1) is 0 Å². The summed E-state index contributed by atoms with van der Waals surface area (Å²) in [6.45, 7) is 0. The average molecular weight is 156 g/mol. The zero-order chi connectivity index (χ0) is 7.33. The maximum Gasteiger partial charge on any atom is 0.254 e. The second-order valence-electron chi connectivity index (χ2n) is 1.44. The Hall–Kier alpha value is 0.0300. The molecule has 0 aromatic heterocycles. The Morgan fingerprint density at radius 2 is 1.67 bits per heavy atom. The Kier molecular flexibility index (Phi) is 3.96. The van der Waals surface area contributed by atoms with Crippen LogP contribution in [-0.4, -0.2) is 17.6 Å². The molecule has 0 saturated carbocycles. The van der Waals surface area contributed by atoms with E-state index in [-0.39, 0.29) is 0 Å². The molecule has 0 rings (SSSR count). The standard InChI is InChI=1S/C2H9N2O4P/c3-7-1-9(5,6)2-8-4/h1-4H2,(H,5,6). The lowest BCUT2D eigenvalue weighted by atomic mass is 11.7. The third-order valence-electron chi connectivity index (χ3n) is 0.553. The minimum atomic E-state index is -3.39. The number of nitrogens with two attached hydrogens (primary N) is 2. The highest BCUT2D eigenvalue weighted by Crippen LogP contribution is 2.38. The first-order valence-electron chi connectivity index (χ1n) is 2.06. The van der Waals surface area contributed by atoms with E-state index in [9.17, 15) is 4.57 Å². The van der Waals surface area contributed by atoms with Gasteiger partial charge in [0, 0.05) is 0 Å². The lowest BCUT2D eigenvalue weighted by Crippen LogP contribution is -2.08. The largest absolute Gasteiger partial charge is 0.341 e. The van der Waals surface area contributed by atoms with Crippen LogP contribution in [0.4, 0.5) is 0 Å². The fraction of sp³-hybridized carbons (Fsp3) is 1.00. The van der Waals surface area contributed by atoms with Crippen LogP contribution in [0, 0.1) is 0 Å². The summed E-state index contributed by atoms with van der Waals surface area (Å²) in [6.07, 6.45) is -0.881. The lowest BCUT2D eigenvalue weighted by Gasteiger charge is -2.06. The first kappa shape index (κ1) is 9.03. The normalized spacial score (nSPS) is 11.9. The first-order valence-corrected chi connectivity index (χ1v) is 4.09. The van der Waals surface area contributed by atoms with Gasteiger partial charge in [0.2, 0.25) is 0 Å². The summed E-state index contributed by atoms with van der Waals surface area (Å²) < 4.78 is 10.6. The summed E-state index contributed by atoms with van der Waals surface area (Å²) in [6, 6.07) is 0. The van der Waals surface area contributed by atoms with Crippen LogP contribution in [0.3, 0.4) is 0 Å². The Bertz CT molecular complexity index is 107. The summed E-state index contributed by atoms with van der Waals surface area (Å²) in [4.78, 5) is 16.5. The summed E-state index contributed by atoms with van der Waals surface area (Å²) in [5, 5.41) is 0. The van der Waals surface area contributed by atoms with Crippen LogP contribution in [0.25, 0.3) is 0 Å². The van der Waals surface area contributed by atoms with Gasteiger partial charge in [-0.25, -0.2) is 11.8 Å². The van der Waals surface area contributed by atoms with Crippen LogP contribution in [0.15, 0.2) is 0 Å². The summed E-state index contributed by atoms with van der Waals surface area (Å²) in [5.41, 5.74) is 0. The van der Waals surface area contributed by atoms with Crippen molar-refractivity contribution in [2.45, 2.75) is 0 Å². The Morgan fingerprint density at radius 3 is 1.89 bits per heavy atom. The molecule has 0 atom stereocenters. The topological polar surface area (TPSA) is 108 Å². The minimum Gasteiger partial charge on any atom is -0.341 e. The molecule has 56 valence electrons. The molecule has 0 aliphatic carbocycles. The van der Waals surface area contributed by atoms with Crippen molar-refractivity contribution < 1.29 is 19.1 Å². The number of hydrogen-bond acceptors (Lipinski definition) is 5. The van der Waals surface area contributed by atoms with Gasteiger partial charge in [0.15, 0.2) is 0 Å². The van der Waals surface area contributed by atoms with E-state index >= 15 is 0 Å². The van der Waals surface area contributed by atoms with Crippen molar-refractivity contribution in [2.75, 3.05) is 12.7 Å². The van der Waals surface area contributed by atoms with E-state index in [1.54, 1.807) is 0 Å². The molecule has 5 N–H and O–H groups in total. The molecule has 0 aromatic carbocycles. The lowest BCUT2D eigenvalue weighted by molar-refractivity contribution is 0.147. The third kappa shape index (κ3) is 4.53. The molecule has 0 radical (unpaired) electrons. The Labute approximate surface area is 52.1 Å². The molecular formula is C2H9N2O4P. The molecule has 0 aliphatic rings. The maximum absolute atomic E-state index is 10.6. The molecule has 0 fully saturated rings. The van der Waals surface area contributed by atoms with E-state index in [4.69, 9.17) is 4.89 Å². The smallest absolute Gasteiger partial charge is 0.254 e. The van der Waals surface area contributed by atoms with E-state index in [0.29, 0.717) is 0 Å². The molecule has 0 bridgehead atoms. The molecule has 0 spiro atoms. The predicted octanol–water partition coefficient (Wildman–Crippen LogP) is -1.05. The van der Waals surface area contributed by atoms with Crippen LogP contribution in [0.1, 0.15) is 0 Å². The molecule has 7 heteroatoms. The Balaban J connectivity index is 3.58. The highest BCUT2D eigenvalue weighted by Gasteiger charge is 2.17. The van der Waals surface area contributed by atoms with Gasteiger partial charge in [0.1, 0.15) is 12.7 Å². The molecule has 9 heavy (non-hydrogen) atoms. The number of rotatable bonds is 4. The quantitative estimate of drug-likeness (QED) is 0.354. The maximum atomic E-state index is 10.6. The van der Waals surface area contributed by atoms with E-state index in [1.165, 1.54) is 0 Å². The van der Waals surface area contributed by atoms with Crippen molar-refractivity contribution in [3.8, 4) is 0 Å². The van der Waals surface area contributed by atoms with E-state index in [2.05, 4.69) is 21.5 Å². The van der Waals surface area contributed by atoms with Gasteiger partial charge in [-0.1, -0.05) is 0 Å².